The van der Waals surface area contributed by atoms with Gasteiger partial charge in [-0.15, -0.1) is 0 Å². The first kappa shape index (κ1) is 11.5. The van der Waals surface area contributed by atoms with Crippen molar-refractivity contribution in [3.05, 3.63) is 42.0 Å². The van der Waals surface area contributed by atoms with E-state index in [1.807, 2.05) is 6.07 Å². The molecule has 0 aliphatic carbocycles. The number of nitrogens with zero attached hydrogens (tertiary/aromatic N) is 1. The van der Waals surface area contributed by atoms with Crippen molar-refractivity contribution in [3.8, 4) is 6.07 Å². The van der Waals surface area contributed by atoms with Crippen molar-refractivity contribution in [2.75, 3.05) is 5.32 Å². The Balaban J connectivity index is 2.78. The van der Waals surface area contributed by atoms with Gasteiger partial charge in [0.25, 0.3) is 0 Å². The molecule has 0 spiro atoms. The highest BCUT2D eigenvalue weighted by molar-refractivity contribution is 6.02. The Morgan fingerprint density at radius 2 is 2.00 bits per heavy atom. The second-order valence-corrected chi connectivity index (χ2v) is 2.82. The van der Waals surface area contributed by atoms with Crippen molar-refractivity contribution in [1.29, 1.82) is 5.26 Å². The molecule has 5 nitrogen and oxygen atoms in total. The summed E-state index contributed by atoms with van der Waals surface area (Å²) < 4.78 is 0. The van der Waals surface area contributed by atoms with Crippen molar-refractivity contribution >= 4 is 17.6 Å². The van der Waals surface area contributed by atoms with E-state index in [0.717, 1.165) is 12.2 Å². The molecule has 0 heterocycles. The Labute approximate surface area is 91.6 Å². The van der Waals surface area contributed by atoms with Gasteiger partial charge in [-0.3, -0.25) is 4.79 Å². The van der Waals surface area contributed by atoms with E-state index in [1.54, 1.807) is 24.3 Å². The number of aliphatic carboxylic acids is 1. The average Bonchev–Trinajstić information content (AvgIpc) is 2.27. The highest BCUT2D eigenvalue weighted by Crippen LogP contribution is 2.13. The third-order valence-electron chi connectivity index (χ3n) is 1.68. The minimum atomic E-state index is -1.20. The van der Waals surface area contributed by atoms with Gasteiger partial charge in [-0.25, -0.2) is 4.79 Å². The van der Waals surface area contributed by atoms with E-state index in [4.69, 9.17) is 10.4 Å². The number of carboxylic acids is 1. The minimum absolute atomic E-state index is 0.319. The molecular formula is C11H8N2O3. The number of carboxylic acid groups (broad SMARTS) is 1. The van der Waals surface area contributed by atoms with Crippen LogP contribution in [0.4, 0.5) is 5.69 Å². The second kappa shape index (κ2) is 5.32. The highest BCUT2D eigenvalue weighted by atomic mass is 16.4. The average molecular weight is 216 g/mol. The fraction of sp³-hybridized carbons (Fsp3) is 0. The summed E-state index contributed by atoms with van der Waals surface area (Å²) in [4.78, 5) is 21.4. The third kappa shape index (κ3) is 3.27. The molecule has 0 aromatic heterocycles. The summed E-state index contributed by atoms with van der Waals surface area (Å²) in [5.74, 6) is -1.80. The van der Waals surface area contributed by atoms with E-state index in [2.05, 4.69) is 5.32 Å². The summed E-state index contributed by atoms with van der Waals surface area (Å²) in [6.07, 6.45) is 1.61. The standard InChI is InChI=1S/C11H8N2O3/c12-7-8-3-1-2-4-9(8)13-10(14)5-6-11(15)16/h1-6H,(H,13,14)(H,15,16)/b6-5+. The summed E-state index contributed by atoms with van der Waals surface area (Å²) in [6, 6.07) is 8.36. The summed E-state index contributed by atoms with van der Waals surface area (Å²) >= 11 is 0. The maximum atomic E-state index is 11.2. The molecule has 0 aliphatic heterocycles. The smallest absolute Gasteiger partial charge is 0.328 e. The minimum Gasteiger partial charge on any atom is -0.478 e. The molecule has 1 rings (SSSR count). The van der Waals surface area contributed by atoms with E-state index >= 15 is 0 Å². The molecule has 0 atom stereocenters. The number of rotatable bonds is 3. The molecular weight excluding hydrogens is 208 g/mol. The fourth-order valence-corrected chi connectivity index (χ4v) is 1.01. The van der Waals surface area contributed by atoms with Gasteiger partial charge in [-0.2, -0.15) is 5.26 Å². The number of hydrogen-bond donors (Lipinski definition) is 2. The van der Waals surface area contributed by atoms with Gasteiger partial charge in [-0.05, 0) is 12.1 Å². The number of carbonyl (C=O) groups is 2. The van der Waals surface area contributed by atoms with Crippen LogP contribution in [0, 0.1) is 11.3 Å². The number of benzene rings is 1. The number of nitrogens with one attached hydrogen (secondary N) is 1. The summed E-state index contributed by atoms with van der Waals surface area (Å²) in [5.41, 5.74) is 0.671. The Kier molecular flexibility index (Phi) is 3.81. The largest absolute Gasteiger partial charge is 0.478 e. The predicted molar refractivity (Wildman–Crippen MR) is 56.6 cm³/mol. The molecule has 5 heteroatoms. The maximum absolute atomic E-state index is 11.2. The summed E-state index contributed by atoms with van der Waals surface area (Å²) in [5, 5.41) is 19.5. The Bertz CT molecular complexity index is 486. The molecule has 0 unspecified atom stereocenters. The molecule has 16 heavy (non-hydrogen) atoms. The monoisotopic (exact) mass is 216 g/mol. The van der Waals surface area contributed by atoms with Gasteiger partial charge in [0.05, 0.1) is 11.3 Å². The van der Waals surface area contributed by atoms with Gasteiger partial charge in [0.15, 0.2) is 0 Å². The predicted octanol–water partition coefficient (Wildman–Crippen LogP) is 1.14. The molecule has 1 amide bonds. The van der Waals surface area contributed by atoms with Crippen LogP contribution in [0.15, 0.2) is 36.4 Å². The number of hydrogen-bond acceptors (Lipinski definition) is 3. The number of nitriles is 1. The second-order valence-electron chi connectivity index (χ2n) is 2.82. The van der Waals surface area contributed by atoms with Gasteiger partial charge in [0, 0.05) is 12.2 Å². The molecule has 2 N–H and O–H groups in total. The summed E-state index contributed by atoms with van der Waals surface area (Å²) in [7, 11) is 0. The van der Waals surface area contributed by atoms with Crippen LogP contribution in [0.25, 0.3) is 0 Å². The number of para-hydroxylation sites is 1. The van der Waals surface area contributed by atoms with Crippen LogP contribution >= 0.6 is 0 Å². The van der Waals surface area contributed by atoms with E-state index in [-0.39, 0.29) is 0 Å². The number of carbonyl (C=O) groups excluding carboxylic acids is 1. The lowest BCUT2D eigenvalue weighted by Gasteiger charge is -2.02. The van der Waals surface area contributed by atoms with E-state index in [1.165, 1.54) is 0 Å². The van der Waals surface area contributed by atoms with Crippen LogP contribution in [-0.4, -0.2) is 17.0 Å². The number of amides is 1. The van der Waals surface area contributed by atoms with Crippen molar-refractivity contribution in [2.24, 2.45) is 0 Å². The van der Waals surface area contributed by atoms with Gasteiger partial charge >= 0.3 is 5.97 Å². The van der Waals surface area contributed by atoms with Crippen LogP contribution in [0.2, 0.25) is 0 Å². The highest BCUT2D eigenvalue weighted by Gasteiger charge is 2.03. The summed E-state index contributed by atoms with van der Waals surface area (Å²) in [6.45, 7) is 0. The maximum Gasteiger partial charge on any atom is 0.328 e. The zero-order chi connectivity index (χ0) is 12.0. The van der Waals surface area contributed by atoms with Crippen molar-refractivity contribution < 1.29 is 14.7 Å². The SMILES string of the molecule is N#Cc1ccccc1NC(=O)/C=C/C(=O)O. The lowest BCUT2D eigenvalue weighted by molar-refractivity contribution is -0.131. The fourth-order valence-electron chi connectivity index (χ4n) is 1.01. The van der Waals surface area contributed by atoms with Gasteiger partial charge in [0.1, 0.15) is 6.07 Å². The molecule has 0 fully saturated rings. The van der Waals surface area contributed by atoms with Crippen LogP contribution in [-0.2, 0) is 9.59 Å². The van der Waals surface area contributed by atoms with Crippen LogP contribution in [0.5, 0.6) is 0 Å². The molecule has 1 aromatic rings. The lowest BCUT2D eigenvalue weighted by Crippen LogP contribution is -2.09. The lowest BCUT2D eigenvalue weighted by atomic mass is 10.2. The van der Waals surface area contributed by atoms with Crippen molar-refractivity contribution in [3.63, 3.8) is 0 Å². The number of anilines is 1. The molecule has 1 aromatic carbocycles. The van der Waals surface area contributed by atoms with Crippen LogP contribution in [0.3, 0.4) is 0 Å². The third-order valence-corrected chi connectivity index (χ3v) is 1.68. The first-order valence-electron chi connectivity index (χ1n) is 4.34. The quantitative estimate of drug-likeness (QED) is 0.741. The van der Waals surface area contributed by atoms with Gasteiger partial charge in [0.2, 0.25) is 5.91 Å². The van der Waals surface area contributed by atoms with E-state index in [0.29, 0.717) is 11.3 Å². The first-order chi connectivity index (χ1) is 7.63. The Hall–Kier alpha value is -2.61. The van der Waals surface area contributed by atoms with E-state index < -0.39 is 11.9 Å². The Morgan fingerprint density at radius 1 is 1.31 bits per heavy atom. The first-order valence-corrected chi connectivity index (χ1v) is 4.34. The zero-order valence-electron chi connectivity index (χ0n) is 8.18. The zero-order valence-corrected chi connectivity index (χ0v) is 8.18. The Morgan fingerprint density at radius 3 is 2.62 bits per heavy atom. The molecule has 0 bridgehead atoms. The molecule has 0 saturated carbocycles. The van der Waals surface area contributed by atoms with Crippen molar-refractivity contribution in [1.82, 2.24) is 0 Å². The van der Waals surface area contributed by atoms with Crippen LogP contribution < -0.4 is 5.32 Å². The van der Waals surface area contributed by atoms with Crippen molar-refractivity contribution in [2.45, 2.75) is 0 Å². The normalized spacial score (nSPS) is 9.69. The molecule has 0 saturated heterocycles. The topological polar surface area (TPSA) is 90.2 Å². The molecule has 0 aliphatic rings. The molecule has 0 radical (unpaired) electrons. The van der Waals surface area contributed by atoms with Gasteiger partial charge in [-0.1, -0.05) is 12.1 Å². The van der Waals surface area contributed by atoms with Crippen LogP contribution in [0.1, 0.15) is 5.56 Å². The van der Waals surface area contributed by atoms with E-state index in [9.17, 15) is 9.59 Å². The molecule has 80 valence electrons. The van der Waals surface area contributed by atoms with Gasteiger partial charge < -0.3 is 10.4 Å².